The molecule has 0 atom stereocenters. The number of carbonyl (C=O) groups excluding carboxylic acids is 2. The van der Waals surface area contributed by atoms with Gasteiger partial charge in [-0.15, -0.1) is 0 Å². The standard InChI is InChI=1S/C22H24N8O2/c1-15-3-5-16(6-4-15)8-24-21(32)13-29(12-20(23)31)22-19-7-17(11-30(19)27-14-25-22)18-9-26-28(2)10-18/h3-7,9-11,14H,8,12-13H2,1-2H3,(H2,23,31)(H,24,32). The van der Waals surface area contributed by atoms with E-state index in [0.717, 1.165) is 22.3 Å². The van der Waals surface area contributed by atoms with E-state index in [2.05, 4.69) is 20.5 Å². The molecule has 3 aromatic heterocycles. The molecule has 0 bridgehead atoms. The van der Waals surface area contributed by atoms with Gasteiger partial charge in [0.25, 0.3) is 0 Å². The van der Waals surface area contributed by atoms with E-state index in [9.17, 15) is 9.59 Å². The Morgan fingerprint density at radius 3 is 2.56 bits per heavy atom. The first-order chi connectivity index (χ1) is 15.4. The summed E-state index contributed by atoms with van der Waals surface area (Å²) < 4.78 is 3.37. The van der Waals surface area contributed by atoms with E-state index in [0.29, 0.717) is 17.9 Å². The van der Waals surface area contributed by atoms with Gasteiger partial charge in [0, 0.05) is 37.1 Å². The molecule has 32 heavy (non-hydrogen) atoms. The van der Waals surface area contributed by atoms with Crippen molar-refractivity contribution in [2.75, 3.05) is 18.0 Å². The van der Waals surface area contributed by atoms with Gasteiger partial charge in [0.15, 0.2) is 5.82 Å². The van der Waals surface area contributed by atoms with Gasteiger partial charge in [-0.1, -0.05) is 29.8 Å². The molecule has 164 valence electrons. The average Bonchev–Trinajstić information content (AvgIpc) is 3.38. The summed E-state index contributed by atoms with van der Waals surface area (Å²) in [7, 11) is 1.84. The van der Waals surface area contributed by atoms with E-state index in [4.69, 9.17) is 5.73 Å². The van der Waals surface area contributed by atoms with E-state index >= 15 is 0 Å². The molecular formula is C22H24N8O2. The number of hydrogen-bond donors (Lipinski definition) is 2. The lowest BCUT2D eigenvalue weighted by atomic mass is 10.1. The van der Waals surface area contributed by atoms with Crippen molar-refractivity contribution in [1.29, 1.82) is 0 Å². The van der Waals surface area contributed by atoms with Gasteiger partial charge >= 0.3 is 0 Å². The number of hydrogen-bond acceptors (Lipinski definition) is 6. The Bertz CT molecular complexity index is 1260. The Morgan fingerprint density at radius 1 is 1.09 bits per heavy atom. The molecule has 0 aliphatic heterocycles. The third kappa shape index (κ3) is 4.75. The maximum absolute atomic E-state index is 12.6. The van der Waals surface area contributed by atoms with Crippen LogP contribution in [0.5, 0.6) is 0 Å². The number of benzene rings is 1. The summed E-state index contributed by atoms with van der Waals surface area (Å²) >= 11 is 0. The summed E-state index contributed by atoms with van der Waals surface area (Å²) in [6.45, 7) is 2.17. The molecule has 0 saturated heterocycles. The van der Waals surface area contributed by atoms with Gasteiger partial charge in [0.05, 0.1) is 19.3 Å². The van der Waals surface area contributed by atoms with Crippen LogP contribution >= 0.6 is 0 Å². The highest BCUT2D eigenvalue weighted by Crippen LogP contribution is 2.26. The number of carbonyl (C=O) groups is 2. The molecule has 0 aliphatic rings. The highest BCUT2D eigenvalue weighted by Gasteiger charge is 2.19. The van der Waals surface area contributed by atoms with Crippen molar-refractivity contribution in [2.45, 2.75) is 13.5 Å². The number of aromatic nitrogens is 5. The fourth-order valence-electron chi connectivity index (χ4n) is 3.42. The third-order valence-corrected chi connectivity index (χ3v) is 5.01. The number of anilines is 1. The maximum atomic E-state index is 12.6. The highest BCUT2D eigenvalue weighted by atomic mass is 16.2. The molecule has 0 saturated carbocycles. The van der Waals surface area contributed by atoms with E-state index in [1.54, 1.807) is 20.3 Å². The van der Waals surface area contributed by atoms with E-state index < -0.39 is 5.91 Å². The molecule has 2 amide bonds. The van der Waals surface area contributed by atoms with Crippen molar-refractivity contribution in [2.24, 2.45) is 12.8 Å². The van der Waals surface area contributed by atoms with Crippen LogP contribution in [0.3, 0.4) is 0 Å². The Kier molecular flexibility index (Phi) is 5.84. The van der Waals surface area contributed by atoms with Crippen LogP contribution < -0.4 is 16.0 Å². The molecule has 0 spiro atoms. The van der Waals surface area contributed by atoms with Crippen LogP contribution in [0, 0.1) is 6.92 Å². The number of primary amides is 1. The number of fused-ring (bicyclic) bond motifs is 1. The number of nitrogens with one attached hydrogen (secondary N) is 1. The van der Waals surface area contributed by atoms with Crippen molar-refractivity contribution in [3.63, 3.8) is 0 Å². The molecule has 0 fully saturated rings. The van der Waals surface area contributed by atoms with Gasteiger partial charge in [-0.05, 0) is 18.6 Å². The van der Waals surface area contributed by atoms with Crippen molar-refractivity contribution < 1.29 is 9.59 Å². The van der Waals surface area contributed by atoms with Crippen LogP contribution in [0.4, 0.5) is 5.82 Å². The smallest absolute Gasteiger partial charge is 0.239 e. The first-order valence-corrected chi connectivity index (χ1v) is 10.1. The number of nitrogens with zero attached hydrogens (tertiary/aromatic N) is 6. The van der Waals surface area contributed by atoms with Crippen LogP contribution in [-0.2, 0) is 23.2 Å². The van der Waals surface area contributed by atoms with Crippen LogP contribution in [-0.4, -0.2) is 49.3 Å². The molecule has 0 aliphatic carbocycles. The van der Waals surface area contributed by atoms with E-state index in [1.807, 2.05) is 56.7 Å². The second-order valence-corrected chi connectivity index (χ2v) is 7.63. The molecular weight excluding hydrogens is 408 g/mol. The zero-order chi connectivity index (χ0) is 22.7. The van der Waals surface area contributed by atoms with Gasteiger partial charge in [-0.25, -0.2) is 9.50 Å². The lowest BCUT2D eigenvalue weighted by Crippen LogP contribution is -2.42. The fourth-order valence-corrected chi connectivity index (χ4v) is 3.42. The Balaban J connectivity index is 1.56. The quantitative estimate of drug-likeness (QED) is 0.429. The van der Waals surface area contributed by atoms with Gasteiger partial charge in [0.1, 0.15) is 11.8 Å². The SMILES string of the molecule is Cc1ccc(CNC(=O)CN(CC(N)=O)c2ncnn3cc(-c4cnn(C)c4)cc23)cc1. The summed E-state index contributed by atoms with van der Waals surface area (Å²) in [6.07, 6.45) is 6.87. The molecule has 3 N–H and O–H groups in total. The topological polar surface area (TPSA) is 123 Å². The third-order valence-electron chi connectivity index (χ3n) is 5.01. The molecule has 4 aromatic rings. The molecule has 3 heterocycles. The van der Waals surface area contributed by atoms with Crippen molar-refractivity contribution in [1.82, 2.24) is 29.7 Å². The minimum Gasteiger partial charge on any atom is -0.368 e. The number of aryl methyl sites for hydroxylation is 2. The maximum Gasteiger partial charge on any atom is 0.239 e. The lowest BCUT2D eigenvalue weighted by molar-refractivity contribution is -0.120. The fraction of sp³-hybridized carbons (Fsp3) is 0.227. The Hall–Kier alpha value is -4.21. The summed E-state index contributed by atoms with van der Waals surface area (Å²) in [5.41, 5.74) is 10.1. The van der Waals surface area contributed by atoms with Crippen LogP contribution in [0.25, 0.3) is 16.6 Å². The lowest BCUT2D eigenvalue weighted by Gasteiger charge is -2.22. The van der Waals surface area contributed by atoms with Crippen molar-refractivity contribution in [3.05, 3.63) is 66.4 Å². The van der Waals surface area contributed by atoms with Gasteiger partial charge < -0.3 is 16.0 Å². The predicted octanol–water partition coefficient (Wildman–Crippen LogP) is 1.05. The number of nitrogens with two attached hydrogens (primary N) is 1. The first kappa shape index (κ1) is 21.0. The van der Waals surface area contributed by atoms with E-state index in [-0.39, 0.29) is 19.0 Å². The average molecular weight is 432 g/mol. The minimum absolute atomic E-state index is 0.0745. The predicted molar refractivity (Wildman–Crippen MR) is 120 cm³/mol. The molecule has 1 aromatic carbocycles. The van der Waals surface area contributed by atoms with Gasteiger partial charge in [-0.2, -0.15) is 10.2 Å². The summed E-state index contributed by atoms with van der Waals surface area (Å²) in [5.74, 6) is -0.366. The van der Waals surface area contributed by atoms with Crippen LogP contribution in [0.15, 0.2) is 55.2 Å². The summed E-state index contributed by atoms with van der Waals surface area (Å²) in [5, 5.41) is 11.3. The highest BCUT2D eigenvalue weighted by molar-refractivity contribution is 5.88. The van der Waals surface area contributed by atoms with Gasteiger partial charge in [0.2, 0.25) is 11.8 Å². The van der Waals surface area contributed by atoms with Crippen molar-refractivity contribution >= 4 is 23.1 Å². The van der Waals surface area contributed by atoms with Gasteiger partial charge in [-0.3, -0.25) is 14.3 Å². The Morgan fingerprint density at radius 2 is 1.88 bits per heavy atom. The molecule has 0 unspecified atom stereocenters. The number of amides is 2. The van der Waals surface area contributed by atoms with Crippen molar-refractivity contribution in [3.8, 4) is 11.1 Å². The molecule has 0 radical (unpaired) electrons. The second kappa shape index (κ2) is 8.88. The Labute approximate surface area is 184 Å². The van der Waals surface area contributed by atoms with E-state index in [1.165, 1.54) is 6.33 Å². The normalized spacial score (nSPS) is 10.9. The molecule has 10 heteroatoms. The monoisotopic (exact) mass is 432 g/mol. The minimum atomic E-state index is -0.563. The van der Waals surface area contributed by atoms with Crippen LogP contribution in [0.2, 0.25) is 0 Å². The number of rotatable bonds is 8. The first-order valence-electron chi connectivity index (χ1n) is 10.1. The zero-order valence-electron chi connectivity index (χ0n) is 17.9. The largest absolute Gasteiger partial charge is 0.368 e. The van der Waals surface area contributed by atoms with Crippen LogP contribution in [0.1, 0.15) is 11.1 Å². The zero-order valence-corrected chi connectivity index (χ0v) is 17.9. The summed E-state index contributed by atoms with van der Waals surface area (Å²) in [6, 6.07) is 9.80. The second-order valence-electron chi connectivity index (χ2n) is 7.63. The summed E-state index contributed by atoms with van der Waals surface area (Å²) in [4.78, 5) is 30.3. The molecule has 10 nitrogen and oxygen atoms in total. The molecule has 4 rings (SSSR count).